The quantitative estimate of drug-likeness (QED) is 0.710. The molecule has 6 nitrogen and oxygen atoms in total. The summed E-state index contributed by atoms with van der Waals surface area (Å²) in [7, 11) is 1.58. The minimum atomic E-state index is -0.542. The number of carbonyl (C=O) groups is 2. The van der Waals surface area contributed by atoms with Crippen LogP contribution < -0.4 is 20.7 Å². The number of hydrogen-bond acceptors (Lipinski definition) is 4. The van der Waals surface area contributed by atoms with Crippen LogP contribution in [0.3, 0.4) is 0 Å². The summed E-state index contributed by atoms with van der Waals surface area (Å²) in [5.74, 6) is -0.440. The first-order chi connectivity index (χ1) is 12.4. The minimum absolute atomic E-state index is 0.00460. The number of anilines is 2. The molecule has 0 saturated heterocycles. The molecule has 2 aromatic carbocycles. The van der Waals surface area contributed by atoms with Gasteiger partial charge in [-0.15, -0.1) is 0 Å². The zero-order chi connectivity index (χ0) is 19.1. The molecule has 0 bridgehead atoms. The maximum atomic E-state index is 13.6. The third-order valence-electron chi connectivity index (χ3n) is 3.71. The molecule has 3 N–H and O–H groups in total. The van der Waals surface area contributed by atoms with Crippen molar-refractivity contribution in [3.05, 3.63) is 53.8 Å². The molecule has 138 valence electrons. The van der Waals surface area contributed by atoms with Gasteiger partial charge in [0.25, 0.3) is 0 Å². The number of rotatable bonds is 7. The van der Waals surface area contributed by atoms with Crippen LogP contribution in [0.15, 0.2) is 42.5 Å². The highest BCUT2D eigenvalue weighted by Crippen LogP contribution is 2.24. The van der Waals surface area contributed by atoms with E-state index in [4.69, 9.17) is 4.74 Å². The summed E-state index contributed by atoms with van der Waals surface area (Å²) in [6.07, 6.45) is 0. The van der Waals surface area contributed by atoms with Gasteiger partial charge in [-0.1, -0.05) is 18.2 Å². The third-order valence-corrected chi connectivity index (χ3v) is 3.71. The summed E-state index contributed by atoms with van der Waals surface area (Å²) in [6, 6.07) is 11.4. The second kappa shape index (κ2) is 8.84. The summed E-state index contributed by atoms with van der Waals surface area (Å²) in [5, 5.41) is 8.18. The van der Waals surface area contributed by atoms with E-state index in [1.54, 1.807) is 7.11 Å². The van der Waals surface area contributed by atoms with Crippen LogP contribution in [-0.2, 0) is 9.59 Å². The predicted octanol–water partition coefficient (Wildman–Crippen LogP) is 3.08. The molecule has 0 radical (unpaired) electrons. The second-order valence-electron chi connectivity index (χ2n) is 5.76. The number of hydrogen-bond donors (Lipinski definition) is 3. The van der Waals surface area contributed by atoms with E-state index >= 15 is 0 Å². The van der Waals surface area contributed by atoms with Gasteiger partial charge in [-0.3, -0.25) is 9.59 Å². The molecular weight excluding hydrogens is 337 g/mol. The molecule has 0 spiro atoms. The Labute approximate surface area is 151 Å². The first-order valence-electron chi connectivity index (χ1n) is 8.14. The number of nitrogens with one attached hydrogen (secondary N) is 3. The molecule has 0 aliphatic rings. The molecule has 2 amide bonds. The number of para-hydroxylation sites is 1. The number of amides is 2. The van der Waals surface area contributed by atoms with Crippen molar-refractivity contribution in [1.82, 2.24) is 5.32 Å². The molecule has 0 fully saturated rings. The van der Waals surface area contributed by atoms with Crippen molar-refractivity contribution in [2.24, 2.45) is 0 Å². The smallest absolute Gasteiger partial charge is 0.239 e. The number of ether oxygens (including phenoxy) is 1. The number of carbonyl (C=O) groups excluding carboxylic acids is 2. The molecule has 1 atom stereocenters. The van der Waals surface area contributed by atoms with E-state index in [1.165, 1.54) is 25.1 Å². The monoisotopic (exact) mass is 359 g/mol. The summed E-state index contributed by atoms with van der Waals surface area (Å²) in [5.41, 5.74) is 1.46. The van der Waals surface area contributed by atoms with Gasteiger partial charge < -0.3 is 20.7 Å². The van der Waals surface area contributed by atoms with E-state index in [0.717, 1.165) is 5.56 Å². The van der Waals surface area contributed by atoms with E-state index in [2.05, 4.69) is 16.0 Å². The Kier molecular flexibility index (Phi) is 6.54. The SMILES string of the molecule is COc1ccccc1C(C)NC(=O)CNc1ccc(F)c(NC(C)=O)c1. The van der Waals surface area contributed by atoms with Gasteiger partial charge in [0.2, 0.25) is 11.8 Å². The molecule has 0 aliphatic carbocycles. The van der Waals surface area contributed by atoms with E-state index in [1.807, 2.05) is 31.2 Å². The molecule has 26 heavy (non-hydrogen) atoms. The van der Waals surface area contributed by atoms with Gasteiger partial charge >= 0.3 is 0 Å². The van der Waals surface area contributed by atoms with Gasteiger partial charge in [-0.05, 0) is 31.2 Å². The van der Waals surface area contributed by atoms with Crippen molar-refractivity contribution in [3.8, 4) is 5.75 Å². The first kappa shape index (κ1) is 19.2. The molecule has 0 aliphatic heterocycles. The maximum absolute atomic E-state index is 13.6. The van der Waals surface area contributed by atoms with Crippen LogP contribution in [0.5, 0.6) is 5.75 Å². The highest BCUT2D eigenvalue weighted by atomic mass is 19.1. The lowest BCUT2D eigenvalue weighted by atomic mass is 10.1. The number of methoxy groups -OCH3 is 1. The molecule has 0 heterocycles. The zero-order valence-electron chi connectivity index (χ0n) is 14.9. The fourth-order valence-electron chi connectivity index (χ4n) is 2.50. The zero-order valence-corrected chi connectivity index (χ0v) is 14.9. The molecule has 7 heteroatoms. The van der Waals surface area contributed by atoms with Crippen LogP contribution >= 0.6 is 0 Å². The van der Waals surface area contributed by atoms with Crippen LogP contribution in [0.25, 0.3) is 0 Å². The van der Waals surface area contributed by atoms with E-state index in [9.17, 15) is 14.0 Å². The van der Waals surface area contributed by atoms with Crippen molar-refractivity contribution in [2.75, 3.05) is 24.3 Å². The van der Waals surface area contributed by atoms with Crippen LogP contribution in [0.2, 0.25) is 0 Å². The predicted molar refractivity (Wildman–Crippen MR) is 98.7 cm³/mol. The van der Waals surface area contributed by atoms with Crippen molar-refractivity contribution in [1.29, 1.82) is 0 Å². The maximum Gasteiger partial charge on any atom is 0.239 e. The molecule has 0 aromatic heterocycles. The number of benzene rings is 2. The lowest BCUT2D eigenvalue weighted by Crippen LogP contribution is -2.32. The van der Waals surface area contributed by atoms with Gasteiger partial charge in [0.15, 0.2) is 0 Å². The normalized spacial score (nSPS) is 11.4. The lowest BCUT2D eigenvalue weighted by molar-refractivity contribution is -0.120. The van der Waals surface area contributed by atoms with Crippen LogP contribution in [0, 0.1) is 5.82 Å². The lowest BCUT2D eigenvalue weighted by Gasteiger charge is -2.17. The van der Waals surface area contributed by atoms with Crippen molar-refractivity contribution in [3.63, 3.8) is 0 Å². The Bertz CT molecular complexity index is 795. The summed E-state index contributed by atoms with van der Waals surface area (Å²) >= 11 is 0. The second-order valence-corrected chi connectivity index (χ2v) is 5.76. The minimum Gasteiger partial charge on any atom is -0.496 e. The van der Waals surface area contributed by atoms with E-state index in [-0.39, 0.29) is 30.1 Å². The standard InChI is InChI=1S/C19H22FN3O3/c1-12(15-6-4-5-7-18(15)26-3)22-19(25)11-21-14-8-9-16(20)17(10-14)23-13(2)24/h4-10,12,21H,11H2,1-3H3,(H,22,25)(H,23,24). The van der Waals surface area contributed by atoms with Crippen LogP contribution in [0.1, 0.15) is 25.5 Å². The van der Waals surface area contributed by atoms with Gasteiger partial charge in [-0.2, -0.15) is 0 Å². The Morgan fingerprint density at radius 3 is 2.62 bits per heavy atom. The summed E-state index contributed by atoms with van der Waals surface area (Å²) in [6.45, 7) is 3.17. The molecule has 0 saturated carbocycles. The largest absolute Gasteiger partial charge is 0.496 e. The molecule has 2 rings (SSSR count). The molecule has 2 aromatic rings. The van der Waals surface area contributed by atoms with E-state index < -0.39 is 5.82 Å². The molecule has 1 unspecified atom stereocenters. The summed E-state index contributed by atoms with van der Waals surface area (Å²) in [4.78, 5) is 23.2. The van der Waals surface area contributed by atoms with Gasteiger partial charge in [0.05, 0.1) is 25.4 Å². The Morgan fingerprint density at radius 1 is 1.19 bits per heavy atom. The van der Waals surface area contributed by atoms with Gasteiger partial charge in [0, 0.05) is 18.2 Å². The Hall–Kier alpha value is -3.09. The van der Waals surface area contributed by atoms with Crippen molar-refractivity contribution < 1.29 is 18.7 Å². The Morgan fingerprint density at radius 2 is 1.92 bits per heavy atom. The summed E-state index contributed by atoms with van der Waals surface area (Å²) < 4.78 is 18.9. The Balaban J connectivity index is 1.95. The topological polar surface area (TPSA) is 79.5 Å². The first-order valence-corrected chi connectivity index (χ1v) is 8.14. The third kappa shape index (κ3) is 5.20. The average molecular weight is 359 g/mol. The van der Waals surface area contributed by atoms with Crippen molar-refractivity contribution >= 4 is 23.2 Å². The highest BCUT2D eigenvalue weighted by molar-refractivity contribution is 5.89. The molecular formula is C19H22FN3O3. The highest BCUT2D eigenvalue weighted by Gasteiger charge is 2.13. The van der Waals surface area contributed by atoms with Crippen LogP contribution in [0.4, 0.5) is 15.8 Å². The fraction of sp³-hybridized carbons (Fsp3) is 0.263. The van der Waals surface area contributed by atoms with Crippen molar-refractivity contribution in [2.45, 2.75) is 19.9 Å². The fourth-order valence-corrected chi connectivity index (χ4v) is 2.50. The van der Waals surface area contributed by atoms with Gasteiger partial charge in [0.1, 0.15) is 11.6 Å². The van der Waals surface area contributed by atoms with Crippen LogP contribution in [-0.4, -0.2) is 25.5 Å². The van der Waals surface area contributed by atoms with Gasteiger partial charge in [-0.25, -0.2) is 4.39 Å². The average Bonchev–Trinajstić information content (AvgIpc) is 2.61. The van der Waals surface area contributed by atoms with E-state index in [0.29, 0.717) is 11.4 Å². The number of halogens is 1.